The highest BCUT2D eigenvalue weighted by Crippen LogP contribution is 2.30. The first-order valence-corrected chi connectivity index (χ1v) is 12.1. The van der Waals surface area contributed by atoms with Gasteiger partial charge in [0.05, 0.1) is 25.7 Å². The van der Waals surface area contributed by atoms with Crippen molar-refractivity contribution >= 4 is 23.9 Å². The van der Waals surface area contributed by atoms with Crippen LogP contribution in [0.5, 0.6) is 17.2 Å². The van der Waals surface area contributed by atoms with Crippen molar-refractivity contribution in [2.75, 3.05) is 19.5 Å². The van der Waals surface area contributed by atoms with E-state index in [-0.39, 0.29) is 17.4 Å². The van der Waals surface area contributed by atoms with Crippen LogP contribution in [0.15, 0.2) is 83.1 Å². The number of aromatic hydroxyl groups is 1. The molecule has 3 aromatic carbocycles. The highest BCUT2D eigenvalue weighted by Gasteiger charge is 2.17. The molecule has 4 rings (SSSR count). The van der Waals surface area contributed by atoms with E-state index < -0.39 is 0 Å². The minimum atomic E-state index is -0.328. The van der Waals surface area contributed by atoms with Gasteiger partial charge in [0, 0.05) is 16.8 Å². The fourth-order valence-electron chi connectivity index (χ4n) is 3.35. The smallest absolute Gasteiger partial charge is 0.250 e. The lowest BCUT2D eigenvalue weighted by Crippen LogP contribution is -2.20. The zero-order chi connectivity index (χ0) is 25.3. The molecule has 0 radical (unpaired) electrons. The van der Waals surface area contributed by atoms with E-state index in [0.29, 0.717) is 28.9 Å². The number of ether oxygens (including phenoxy) is 2. The van der Waals surface area contributed by atoms with E-state index in [1.165, 1.54) is 18.0 Å². The lowest BCUT2D eigenvalue weighted by Gasteiger charge is -2.10. The number of phenols is 1. The van der Waals surface area contributed by atoms with E-state index in [1.807, 2.05) is 66.1 Å². The summed E-state index contributed by atoms with van der Waals surface area (Å²) in [5.74, 6) is 1.45. The first-order chi connectivity index (χ1) is 17.6. The molecule has 1 aromatic heterocycles. The van der Waals surface area contributed by atoms with Gasteiger partial charge in [-0.25, -0.2) is 5.43 Å². The van der Waals surface area contributed by atoms with Crippen LogP contribution in [0.3, 0.4) is 0 Å². The first kappa shape index (κ1) is 24.8. The maximum Gasteiger partial charge on any atom is 0.250 e. The quantitative estimate of drug-likeness (QED) is 0.189. The SMILES string of the molecule is CCOc1cccc(/C=N/NC(=O)CSc2nnc(-c3ccc(OC)cc3)n2-c2ccccc2)c1O. The van der Waals surface area contributed by atoms with Gasteiger partial charge >= 0.3 is 0 Å². The predicted octanol–water partition coefficient (Wildman–Crippen LogP) is 4.29. The molecule has 0 aliphatic heterocycles. The molecule has 0 fully saturated rings. The van der Waals surface area contributed by atoms with Gasteiger partial charge in [0.15, 0.2) is 22.5 Å². The minimum Gasteiger partial charge on any atom is -0.504 e. The number of methoxy groups -OCH3 is 1. The Bertz CT molecular complexity index is 1340. The Hall–Kier alpha value is -4.31. The molecule has 0 saturated carbocycles. The van der Waals surface area contributed by atoms with Gasteiger partial charge in [0.1, 0.15) is 5.75 Å². The number of amides is 1. The number of benzene rings is 3. The van der Waals surface area contributed by atoms with Gasteiger partial charge < -0.3 is 14.6 Å². The molecule has 0 aliphatic carbocycles. The van der Waals surface area contributed by atoms with Crippen LogP contribution >= 0.6 is 11.8 Å². The van der Waals surface area contributed by atoms with E-state index in [0.717, 1.165) is 17.0 Å². The van der Waals surface area contributed by atoms with Crippen LogP contribution in [0.2, 0.25) is 0 Å². The Morgan fingerprint density at radius 1 is 1.08 bits per heavy atom. The number of nitrogens with one attached hydrogen (secondary N) is 1. The molecule has 9 nitrogen and oxygen atoms in total. The Morgan fingerprint density at radius 2 is 1.86 bits per heavy atom. The van der Waals surface area contributed by atoms with Crippen molar-refractivity contribution < 1.29 is 19.4 Å². The van der Waals surface area contributed by atoms with Crippen molar-refractivity contribution in [2.24, 2.45) is 5.10 Å². The molecule has 10 heteroatoms. The molecule has 0 aliphatic rings. The van der Waals surface area contributed by atoms with Crippen LogP contribution in [0.4, 0.5) is 0 Å². The minimum absolute atomic E-state index is 0.0336. The average Bonchev–Trinajstić information content (AvgIpc) is 3.34. The normalized spacial score (nSPS) is 10.9. The van der Waals surface area contributed by atoms with Crippen LogP contribution in [0.1, 0.15) is 12.5 Å². The summed E-state index contributed by atoms with van der Waals surface area (Å²) in [6.07, 6.45) is 1.37. The lowest BCUT2D eigenvalue weighted by atomic mass is 10.2. The van der Waals surface area contributed by atoms with E-state index in [2.05, 4.69) is 20.7 Å². The highest BCUT2D eigenvalue weighted by molar-refractivity contribution is 7.99. The summed E-state index contributed by atoms with van der Waals surface area (Å²) < 4.78 is 12.5. The molecular formula is C26H25N5O4S. The fraction of sp³-hybridized carbons (Fsp3) is 0.154. The van der Waals surface area contributed by atoms with Crippen molar-refractivity contribution in [2.45, 2.75) is 12.1 Å². The van der Waals surface area contributed by atoms with Gasteiger partial charge in [0.25, 0.3) is 5.91 Å². The molecule has 0 unspecified atom stereocenters. The molecule has 0 spiro atoms. The predicted molar refractivity (Wildman–Crippen MR) is 139 cm³/mol. The summed E-state index contributed by atoms with van der Waals surface area (Å²) >= 11 is 1.24. The van der Waals surface area contributed by atoms with Crippen molar-refractivity contribution in [1.82, 2.24) is 20.2 Å². The van der Waals surface area contributed by atoms with Crippen LogP contribution < -0.4 is 14.9 Å². The van der Waals surface area contributed by atoms with Gasteiger partial charge in [-0.3, -0.25) is 9.36 Å². The van der Waals surface area contributed by atoms with Gasteiger partial charge in [0.2, 0.25) is 0 Å². The summed E-state index contributed by atoms with van der Waals surface area (Å²) in [5, 5.41) is 23.5. The van der Waals surface area contributed by atoms with Crippen LogP contribution in [-0.4, -0.2) is 51.5 Å². The number of phenolic OH excluding ortho intramolecular Hbond substituents is 1. The Kier molecular flexibility index (Phi) is 8.20. The van der Waals surface area contributed by atoms with Crippen molar-refractivity contribution in [3.05, 3.63) is 78.4 Å². The summed E-state index contributed by atoms with van der Waals surface area (Å²) in [7, 11) is 1.62. The molecule has 1 heterocycles. The van der Waals surface area contributed by atoms with E-state index >= 15 is 0 Å². The van der Waals surface area contributed by atoms with Gasteiger partial charge in [-0.05, 0) is 55.5 Å². The third-order valence-electron chi connectivity index (χ3n) is 5.05. The topological polar surface area (TPSA) is 111 Å². The standard InChI is InChI=1S/C26H25N5O4S/c1-3-35-22-11-7-8-19(24(22)33)16-27-28-23(32)17-36-26-30-29-25(18-12-14-21(34-2)15-13-18)31(26)20-9-5-4-6-10-20/h4-16,33H,3,17H2,1-2H3,(H,28,32)/b27-16+. The number of carbonyl (C=O) groups is 1. The summed E-state index contributed by atoms with van der Waals surface area (Å²) in [6.45, 7) is 2.26. The second-order valence-electron chi connectivity index (χ2n) is 7.41. The molecule has 184 valence electrons. The number of carbonyl (C=O) groups excluding carboxylic acids is 1. The molecule has 1 amide bonds. The number of hydrazone groups is 1. The molecule has 36 heavy (non-hydrogen) atoms. The average molecular weight is 504 g/mol. The van der Waals surface area contributed by atoms with Crippen molar-refractivity contribution in [3.63, 3.8) is 0 Å². The largest absolute Gasteiger partial charge is 0.504 e. The number of hydrogen-bond acceptors (Lipinski definition) is 8. The van der Waals surface area contributed by atoms with Gasteiger partial charge in [-0.2, -0.15) is 5.10 Å². The monoisotopic (exact) mass is 503 g/mol. The van der Waals surface area contributed by atoms with Crippen molar-refractivity contribution in [3.8, 4) is 34.3 Å². The Balaban J connectivity index is 1.47. The third kappa shape index (κ3) is 5.84. The van der Waals surface area contributed by atoms with Crippen LogP contribution in [0.25, 0.3) is 17.1 Å². The molecule has 0 saturated heterocycles. The zero-order valence-electron chi connectivity index (χ0n) is 19.8. The molecular weight excluding hydrogens is 478 g/mol. The number of thioether (sulfide) groups is 1. The summed E-state index contributed by atoms with van der Waals surface area (Å²) in [6, 6.07) is 22.3. The fourth-order valence-corrected chi connectivity index (χ4v) is 4.10. The lowest BCUT2D eigenvalue weighted by molar-refractivity contribution is -0.118. The molecule has 4 aromatic rings. The number of nitrogens with zero attached hydrogens (tertiary/aromatic N) is 4. The summed E-state index contributed by atoms with van der Waals surface area (Å²) in [5.41, 5.74) is 4.65. The first-order valence-electron chi connectivity index (χ1n) is 11.2. The number of hydrogen-bond donors (Lipinski definition) is 2. The maximum atomic E-state index is 12.5. The van der Waals surface area contributed by atoms with E-state index in [4.69, 9.17) is 9.47 Å². The Morgan fingerprint density at radius 3 is 2.58 bits per heavy atom. The van der Waals surface area contributed by atoms with E-state index in [1.54, 1.807) is 25.3 Å². The highest BCUT2D eigenvalue weighted by atomic mass is 32.2. The van der Waals surface area contributed by atoms with Gasteiger partial charge in [-0.1, -0.05) is 36.0 Å². The second kappa shape index (κ2) is 11.9. The molecule has 0 bridgehead atoms. The molecule has 0 atom stereocenters. The number of para-hydroxylation sites is 2. The van der Waals surface area contributed by atoms with E-state index in [9.17, 15) is 9.90 Å². The zero-order valence-corrected chi connectivity index (χ0v) is 20.6. The second-order valence-corrected chi connectivity index (χ2v) is 8.36. The van der Waals surface area contributed by atoms with Crippen LogP contribution in [-0.2, 0) is 4.79 Å². The number of aromatic nitrogens is 3. The summed E-state index contributed by atoms with van der Waals surface area (Å²) in [4.78, 5) is 12.5. The number of rotatable bonds is 10. The van der Waals surface area contributed by atoms with Gasteiger partial charge in [-0.15, -0.1) is 10.2 Å². The Labute approximate surface area is 212 Å². The van der Waals surface area contributed by atoms with Crippen molar-refractivity contribution in [1.29, 1.82) is 0 Å². The van der Waals surface area contributed by atoms with Crippen LogP contribution in [0, 0.1) is 0 Å². The third-order valence-corrected chi connectivity index (χ3v) is 5.98. The maximum absolute atomic E-state index is 12.5. The molecule has 2 N–H and O–H groups in total.